The lowest BCUT2D eigenvalue weighted by atomic mass is 9.63. The molecule has 4 heteroatoms. The van der Waals surface area contributed by atoms with E-state index < -0.39 is 0 Å². The topological polar surface area (TPSA) is 15.7 Å². The van der Waals surface area contributed by atoms with Crippen LogP contribution in [-0.2, 0) is 0 Å². The van der Waals surface area contributed by atoms with Crippen molar-refractivity contribution in [3.63, 3.8) is 0 Å². The molecule has 0 saturated heterocycles. The van der Waals surface area contributed by atoms with E-state index in [0.29, 0.717) is 11.8 Å². The molecule has 1 aromatic carbocycles. The summed E-state index contributed by atoms with van der Waals surface area (Å²) in [5, 5.41) is 0. The minimum Gasteiger partial charge on any atom is -0.456 e. The summed E-state index contributed by atoms with van der Waals surface area (Å²) in [5.41, 5.74) is 7.01. The second kappa shape index (κ2) is 24.3. The largest absolute Gasteiger partial charge is 0.456 e. The van der Waals surface area contributed by atoms with Crippen molar-refractivity contribution < 1.29 is 4.74 Å². The van der Waals surface area contributed by atoms with Gasteiger partial charge in [-0.3, -0.25) is 4.90 Å². The van der Waals surface area contributed by atoms with Crippen molar-refractivity contribution in [2.45, 2.75) is 160 Å². The summed E-state index contributed by atoms with van der Waals surface area (Å²) in [6, 6.07) is 7.39. The molecule has 3 aliphatic rings. The summed E-state index contributed by atoms with van der Waals surface area (Å²) in [6.45, 7) is 35.9. The third kappa shape index (κ3) is 12.3. The molecule has 4 rings (SSSR count). The molecule has 0 saturated carbocycles. The van der Waals surface area contributed by atoms with E-state index >= 15 is 0 Å². The number of hydrogen-bond donors (Lipinski definition) is 0. The number of ether oxygens (including phenoxy) is 1. The van der Waals surface area contributed by atoms with Gasteiger partial charge >= 0.3 is 0 Å². The Bertz CT molecular complexity index is 1260. The summed E-state index contributed by atoms with van der Waals surface area (Å²) >= 11 is 5.91. The first-order valence-corrected chi connectivity index (χ1v) is 21.2. The maximum absolute atomic E-state index is 6.84. The fourth-order valence-electron chi connectivity index (χ4n) is 8.18. The molecule has 0 radical (unpaired) electrons. The van der Waals surface area contributed by atoms with Gasteiger partial charge in [-0.05, 0) is 136 Å². The monoisotopic (exact) mass is 707 g/mol. The molecule has 1 aromatic rings. The maximum Gasteiger partial charge on any atom is 0.135 e. The highest BCUT2D eigenvalue weighted by atomic mass is 32.1. The molecule has 0 amide bonds. The molecule has 2 aliphatic carbocycles. The van der Waals surface area contributed by atoms with Gasteiger partial charge in [0.2, 0.25) is 0 Å². The Balaban J connectivity index is 0.00000197. The van der Waals surface area contributed by atoms with Crippen LogP contribution in [-0.4, -0.2) is 53.4 Å². The van der Waals surface area contributed by atoms with Gasteiger partial charge < -0.3 is 9.64 Å². The van der Waals surface area contributed by atoms with Crippen molar-refractivity contribution in [1.29, 1.82) is 0 Å². The van der Waals surface area contributed by atoms with Gasteiger partial charge in [-0.15, -0.1) is 0 Å². The van der Waals surface area contributed by atoms with E-state index in [2.05, 4.69) is 108 Å². The average Bonchev–Trinajstić information content (AvgIpc) is 3.14. The zero-order valence-electron chi connectivity index (χ0n) is 35.2. The third-order valence-electron chi connectivity index (χ3n) is 10.6. The van der Waals surface area contributed by atoms with Crippen molar-refractivity contribution in [3.05, 3.63) is 70.5 Å². The fraction of sp³-hybridized carbons (Fsp3) is 0.674. The maximum atomic E-state index is 6.84. The average molecular weight is 707 g/mol. The highest BCUT2D eigenvalue weighted by molar-refractivity contribution is 7.80. The first-order valence-electron chi connectivity index (χ1n) is 20.8. The number of hydrogen-bond acceptors (Lipinski definition) is 4. The molecule has 0 aromatic heterocycles. The Labute approximate surface area is 316 Å². The molecule has 0 N–H and O–H groups in total. The van der Waals surface area contributed by atoms with E-state index in [1.165, 1.54) is 39.1 Å². The number of allylic oxidation sites excluding steroid dienone is 4. The van der Waals surface area contributed by atoms with Crippen molar-refractivity contribution in [3.8, 4) is 5.75 Å². The molecule has 3 unspecified atom stereocenters. The number of fused-ring (bicyclic) bond motifs is 2. The van der Waals surface area contributed by atoms with Crippen molar-refractivity contribution in [2.24, 2.45) is 11.3 Å². The molecule has 1 heterocycles. The van der Waals surface area contributed by atoms with Crippen LogP contribution in [0.5, 0.6) is 5.75 Å². The van der Waals surface area contributed by atoms with Crippen molar-refractivity contribution >= 4 is 22.7 Å². The molecule has 0 fully saturated rings. The highest BCUT2D eigenvalue weighted by Gasteiger charge is 2.41. The first-order chi connectivity index (χ1) is 24.2. The second-order valence-corrected chi connectivity index (χ2v) is 14.3. The first kappa shape index (κ1) is 46.0. The quantitative estimate of drug-likeness (QED) is 0.126. The normalized spacial score (nSPS) is 20.7. The van der Waals surface area contributed by atoms with E-state index in [9.17, 15) is 0 Å². The zero-order valence-corrected chi connectivity index (χ0v) is 36.0. The Morgan fingerprint density at radius 2 is 1.54 bits per heavy atom. The number of thiocarbonyl (C=S) groups is 1. The highest BCUT2D eigenvalue weighted by Crippen LogP contribution is 2.55. The standard InChI is InChI=1S/C40H60N2OS.3C2H6/c1-9-31(10-2)32-18-21-35-37(25-32)43-38-26-33(42(13-5)14-6)19-22-36(38)39(35)40(8)27-29(7)24-30(28-40)17-20-34(44)16-15-23-41(11-3)12-4;3*1-2/h18-19,21-22,24-26,30-31,33H,9-17,20,23,27-28H2,1-8H3;3*1-2H3. The molecule has 3 nitrogen and oxygen atoms in total. The van der Waals surface area contributed by atoms with Crippen molar-refractivity contribution in [2.75, 3.05) is 32.7 Å². The minimum atomic E-state index is 0.0314. The second-order valence-electron chi connectivity index (χ2n) is 13.7. The van der Waals surface area contributed by atoms with Crippen LogP contribution in [0.2, 0.25) is 0 Å². The van der Waals surface area contributed by atoms with Gasteiger partial charge in [-0.1, -0.05) is 138 Å². The van der Waals surface area contributed by atoms with Crippen LogP contribution in [0.25, 0.3) is 5.57 Å². The van der Waals surface area contributed by atoms with Crippen LogP contribution >= 0.6 is 12.2 Å². The lowest BCUT2D eigenvalue weighted by molar-refractivity contribution is 0.279. The van der Waals surface area contributed by atoms with Gasteiger partial charge in [-0.2, -0.15) is 0 Å². The number of rotatable bonds is 16. The van der Waals surface area contributed by atoms with Gasteiger partial charge in [0.1, 0.15) is 11.5 Å². The van der Waals surface area contributed by atoms with E-state index in [4.69, 9.17) is 17.0 Å². The Kier molecular flexibility index (Phi) is 22.3. The molecule has 50 heavy (non-hydrogen) atoms. The lowest BCUT2D eigenvalue weighted by Gasteiger charge is -2.43. The van der Waals surface area contributed by atoms with Crippen LogP contribution in [0.3, 0.4) is 0 Å². The molecule has 0 spiro atoms. The number of benzene rings is 1. The summed E-state index contributed by atoms with van der Waals surface area (Å²) in [6.07, 6.45) is 18.7. The summed E-state index contributed by atoms with van der Waals surface area (Å²) in [7, 11) is 0. The van der Waals surface area contributed by atoms with E-state index in [0.717, 1.165) is 89.2 Å². The van der Waals surface area contributed by atoms with Crippen molar-refractivity contribution in [1.82, 2.24) is 9.80 Å². The Morgan fingerprint density at radius 1 is 0.900 bits per heavy atom. The molecule has 284 valence electrons. The van der Waals surface area contributed by atoms with Crippen LogP contribution in [0.1, 0.15) is 165 Å². The fourth-order valence-corrected chi connectivity index (χ4v) is 8.44. The van der Waals surface area contributed by atoms with E-state index in [1.807, 2.05) is 41.5 Å². The molecule has 1 aliphatic heterocycles. The van der Waals surface area contributed by atoms with Crippen LogP contribution < -0.4 is 4.74 Å². The SMILES string of the molecule is CC.CC.CC.CCC(CC)c1ccc2c(c1)OC1=CC(N(CC)CC)C=CC1=C2C1(C)CC(C)=CC(CCC(=S)CCCN(CC)CC)C1. The predicted molar refractivity (Wildman–Crippen MR) is 229 cm³/mol. The molecule has 0 bridgehead atoms. The van der Waals surface area contributed by atoms with E-state index in [-0.39, 0.29) is 11.5 Å². The summed E-state index contributed by atoms with van der Waals surface area (Å²) in [5.74, 6) is 3.21. The Morgan fingerprint density at radius 3 is 2.12 bits per heavy atom. The van der Waals surface area contributed by atoms with Crippen LogP contribution in [0, 0.1) is 11.3 Å². The molecular formula is C46H78N2OS. The van der Waals surface area contributed by atoms with Gasteiger partial charge in [0.05, 0.1) is 6.04 Å². The Hall–Kier alpha value is -2.01. The van der Waals surface area contributed by atoms with Gasteiger partial charge in [0.15, 0.2) is 0 Å². The number of nitrogens with zero attached hydrogens (tertiary/aromatic N) is 2. The third-order valence-corrected chi connectivity index (χ3v) is 11.0. The zero-order chi connectivity index (χ0) is 37.9. The molecule has 3 atom stereocenters. The predicted octanol–water partition coefficient (Wildman–Crippen LogP) is 13.6. The summed E-state index contributed by atoms with van der Waals surface area (Å²) in [4.78, 5) is 6.25. The minimum absolute atomic E-state index is 0.0314. The van der Waals surface area contributed by atoms with E-state index in [1.54, 1.807) is 0 Å². The van der Waals surface area contributed by atoms with Crippen LogP contribution in [0.15, 0.2) is 59.4 Å². The molecular weight excluding hydrogens is 629 g/mol. The van der Waals surface area contributed by atoms with Crippen LogP contribution in [0.4, 0.5) is 0 Å². The van der Waals surface area contributed by atoms with Gasteiger partial charge in [0, 0.05) is 11.1 Å². The number of likely N-dealkylation sites (N-methyl/N-ethyl adjacent to an activating group) is 1. The van der Waals surface area contributed by atoms with Gasteiger partial charge in [0.25, 0.3) is 0 Å². The summed E-state index contributed by atoms with van der Waals surface area (Å²) < 4.78 is 6.84. The lowest BCUT2D eigenvalue weighted by Crippen LogP contribution is -2.35. The smallest absolute Gasteiger partial charge is 0.135 e. The van der Waals surface area contributed by atoms with Gasteiger partial charge in [-0.25, -0.2) is 0 Å².